The van der Waals surface area contributed by atoms with E-state index in [0.717, 1.165) is 11.8 Å². The van der Waals surface area contributed by atoms with E-state index in [9.17, 15) is 4.79 Å². The average molecular weight is 391 g/mol. The second-order valence-corrected chi connectivity index (χ2v) is 6.94. The minimum atomic E-state index is -0.471. The summed E-state index contributed by atoms with van der Waals surface area (Å²) in [6.07, 6.45) is 3.29. The number of aromatic nitrogens is 3. The molecule has 0 aliphatic rings. The highest BCUT2D eigenvalue weighted by atomic mass is 35.5. The van der Waals surface area contributed by atoms with E-state index in [4.69, 9.17) is 20.8 Å². The summed E-state index contributed by atoms with van der Waals surface area (Å²) in [6, 6.07) is 8.60. The molecule has 1 aromatic carbocycles. The van der Waals surface area contributed by atoms with Gasteiger partial charge in [-0.15, -0.1) is 10.2 Å². The van der Waals surface area contributed by atoms with E-state index in [-0.39, 0.29) is 5.91 Å². The molecule has 0 saturated carbocycles. The fourth-order valence-corrected chi connectivity index (χ4v) is 2.94. The van der Waals surface area contributed by atoms with Crippen molar-refractivity contribution < 1.29 is 13.9 Å². The first-order chi connectivity index (χ1) is 12.6. The van der Waals surface area contributed by atoms with Crippen LogP contribution in [0.15, 0.2) is 52.4 Å². The van der Waals surface area contributed by atoms with Crippen LogP contribution in [-0.2, 0) is 4.79 Å². The normalized spacial score (nSPS) is 11.8. The number of nitrogens with zero attached hydrogens (tertiary/aromatic N) is 3. The van der Waals surface area contributed by atoms with Crippen molar-refractivity contribution in [3.05, 3.63) is 47.7 Å². The Bertz CT molecular complexity index is 904. The molecule has 2 heterocycles. The smallest absolute Gasteiger partial charge is 0.277 e. The van der Waals surface area contributed by atoms with Crippen molar-refractivity contribution in [3.8, 4) is 17.2 Å². The number of thioether (sulfide) groups is 1. The lowest BCUT2D eigenvalue weighted by atomic mass is 10.3. The number of ether oxygens (including phenoxy) is 1. The number of amides is 1. The van der Waals surface area contributed by atoms with Crippen LogP contribution >= 0.6 is 23.4 Å². The summed E-state index contributed by atoms with van der Waals surface area (Å²) in [5.41, 5.74) is 1.21. The molecule has 0 bridgehead atoms. The molecule has 134 valence electrons. The van der Waals surface area contributed by atoms with Crippen LogP contribution in [0.5, 0.6) is 5.75 Å². The van der Waals surface area contributed by atoms with Crippen molar-refractivity contribution in [2.24, 2.45) is 0 Å². The van der Waals surface area contributed by atoms with Gasteiger partial charge < -0.3 is 14.5 Å². The van der Waals surface area contributed by atoms with Crippen LogP contribution in [0, 0.1) is 0 Å². The highest BCUT2D eigenvalue weighted by Gasteiger charge is 2.20. The number of anilines is 1. The predicted octanol–water partition coefficient (Wildman–Crippen LogP) is 3.91. The summed E-state index contributed by atoms with van der Waals surface area (Å²) < 4.78 is 10.8. The van der Waals surface area contributed by atoms with Gasteiger partial charge in [0.05, 0.1) is 23.6 Å². The van der Waals surface area contributed by atoms with E-state index in [1.807, 2.05) is 6.07 Å². The van der Waals surface area contributed by atoms with Crippen molar-refractivity contribution in [1.82, 2.24) is 15.2 Å². The number of methoxy groups -OCH3 is 1. The average Bonchev–Trinajstić information content (AvgIpc) is 3.11. The largest absolute Gasteiger partial charge is 0.495 e. The molecule has 0 fully saturated rings. The standard InChI is InChI=1S/C17H15ClN4O3S/c1-10(15(23)20-13-8-12(18)5-6-14(13)24-2)26-17-22-21-16(25-17)11-4-3-7-19-9-11/h3-10H,1-2H3,(H,20,23). The van der Waals surface area contributed by atoms with Gasteiger partial charge in [-0.3, -0.25) is 9.78 Å². The van der Waals surface area contributed by atoms with Crippen molar-refractivity contribution in [3.63, 3.8) is 0 Å². The quantitative estimate of drug-likeness (QED) is 0.638. The lowest BCUT2D eigenvalue weighted by Gasteiger charge is -2.13. The Hall–Kier alpha value is -2.58. The fourth-order valence-electron chi connectivity index (χ4n) is 2.08. The third-order valence-corrected chi connectivity index (χ3v) is 4.55. The molecule has 1 amide bonds. The van der Waals surface area contributed by atoms with Gasteiger partial charge in [0.1, 0.15) is 5.75 Å². The number of carbonyl (C=O) groups excluding carboxylic acids is 1. The Morgan fingerprint density at radius 2 is 2.19 bits per heavy atom. The Balaban J connectivity index is 1.67. The van der Waals surface area contributed by atoms with Crippen molar-refractivity contribution >= 4 is 35.0 Å². The molecular formula is C17H15ClN4O3S. The predicted molar refractivity (Wildman–Crippen MR) is 99.5 cm³/mol. The van der Waals surface area contributed by atoms with Crippen LogP contribution < -0.4 is 10.1 Å². The summed E-state index contributed by atoms with van der Waals surface area (Å²) >= 11 is 7.13. The Labute approximate surface area is 159 Å². The number of nitrogens with one attached hydrogen (secondary N) is 1. The van der Waals surface area contributed by atoms with Gasteiger partial charge in [0.15, 0.2) is 0 Å². The van der Waals surface area contributed by atoms with Crippen LogP contribution in [0.4, 0.5) is 5.69 Å². The maximum atomic E-state index is 12.4. The van der Waals surface area contributed by atoms with E-state index in [0.29, 0.717) is 33.1 Å². The lowest BCUT2D eigenvalue weighted by Crippen LogP contribution is -2.22. The number of rotatable bonds is 6. The molecule has 1 unspecified atom stereocenters. The number of hydrogen-bond acceptors (Lipinski definition) is 7. The topological polar surface area (TPSA) is 90.1 Å². The second-order valence-electron chi connectivity index (χ2n) is 5.21. The molecular weight excluding hydrogens is 376 g/mol. The molecule has 0 aliphatic heterocycles. The SMILES string of the molecule is COc1ccc(Cl)cc1NC(=O)C(C)Sc1nnc(-c2cccnc2)o1. The molecule has 26 heavy (non-hydrogen) atoms. The fraction of sp³-hybridized carbons (Fsp3) is 0.176. The van der Waals surface area contributed by atoms with Crippen molar-refractivity contribution in [1.29, 1.82) is 0 Å². The third-order valence-electron chi connectivity index (χ3n) is 3.38. The van der Waals surface area contributed by atoms with Crippen molar-refractivity contribution in [2.75, 3.05) is 12.4 Å². The lowest BCUT2D eigenvalue weighted by molar-refractivity contribution is -0.115. The summed E-state index contributed by atoms with van der Waals surface area (Å²) in [5.74, 6) is 0.637. The zero-order valence-corrected chi connectivity index (χ0v) is 15.5. The summed E-state index contributed by atoms with van der Waals surface area (Å²) in [5, 5.41) is 11.1. The van der Waals surface area contributed by atoms with Gasteiger partial charge in [0, 0.05) is 17.4 Å². The highest BCUT2D eigenvalue weighted by Crippen LogP contribution is 2.30. The molecule has 0 spiro atoms. The monoisotopic (exact) mass is 390 g/mol. The van der Waals surface area contributed by atoms with Gasteiger partial charge in [-0.25, -0.2) is 0 Å². The molecule has 7 nitrogen and oxygen atoms in total. The molecule has 1 atom stereocenters. The van der Waals surface area contributed by atoms with Crippen LogP contribution in [0.1, 0.15) is 6.92 Å². The van der Waals surface area contributed by atoms with E-state index >= 15 is 0 Å². The Kier molecular flexibility index (Phi) is 5.75. The Morgan fingerprint density at radius 3 is 2.92 bits per heavy atom. The zero-order chi connectivity index (χ0) is 18.5. The molecule has 0 saturated heterocycles. The molecule has 2 aromatic heterocycles. The van der Waals surface area contributed by atoms with Crippen molar-refractivity contribution in [2.45, 2.75) is 17.4 Å². The van der Waals surface area contributed by atoms with Crippen LogP contribution in [0.2, 0.25) is 5.02 Å². The van der Waals surface area contributed by atoms with Gasteiger partial charge in [0.25, 0.3) is 5.22 Å². The number of halogens is 1. The number of pyridine rings is 1. The molecule has 3 aromatic rings. The minimum absolute atomic E-state index is 0.239. The Morgan fingerprint density at radius 1 is 1.35 bits per heavy atom. The zero-order valence-electron chi connectivity index (χ0n) is 14.0. The number of hydrogen-bond donors (Lipinski definition) is 1. The third kappa shape index (κ3) is 4.33. The molecule has 9 heteroatoms. The molecule has 3 rings (SSSR count). The number of benzene rings is 1. The van der Waals surface area contributed by atoms with E-state index in [1.54, 1.807) is 43.6 Å². The van der Waals surface area contributed by atoms with Crippen LogP contribution in [-0.4, -0.2) is 33.4 Å². The van der Waals surface area contributed by atoms with Gasteiger partial charge >= 0.3 is 0 Å². The maximum absolute atomic E-state index is 12.4. The minimum Gasteiger partial charge on any atom is -0.495 e. The van der Waals surface area contributed by atoms with Gasteiger partial charge in [-0.05, 0) is 37.3 Å². The first kappa shape index (κ1) is 18.2. The van der Waals surface area contributed by atoms with E-state index in [2.05, 4.69) is 20.5 Å². The molecule has 0 radical (unpaired) electrons. The van der Waals surface area contributed by atoms with Crippen LogP contribution in [0.25, 0.3) is 11.5 Å². The summed E-state index contributed by atoms with van der Waals surface area (Å²) in [6.45, 7) is 1.74. The first-order valence-corrected chi connectivity index (χ1v) is 8.87. The van der Waals surface area contributed by atoms with Gasteiger partial charge in [-0.1, -0.05) is 23.4 Å². The molecule has 0 aliphatic carbocycles. The maximum Gasteiger partial charge on any atom is 0.277 e. The van der Waals surface area contributed by atoms with Crippen LogP contribution in [0.3, 0.4) is 0 Å². The summed E-state index contributed by atoms with van der Waals surface area (Å²) in [7, 11) is 1.52. The van der Waals surface area contributed by atoms with E-state index in [1.165, 1.54) is 7.11 Å². The highest BCUT2D eigenvalue weighted by molar-refractivity contribution is 8.00. The van der Waals surface area contributed by atoms with Gasteiger partial charge in [-0.2, -0.15) is 0 Å². The van der Waals surface area contributed by atoms with E-state index < -0.39 is 5.25 Å². The number of carbonyl (C=O) groups is 1. The first-order valence-electron chi connectivity index (χ1n) is 7.62. The van der Waals surface area contributed by atoms with Gasteiger partial charge in [0.2, 0.25) is 11.8 Å². The summed E-state index contributed by atoms with van der Waals surface area (Å²) in [4.78, 5) is 16.5. The second kappa shape index (κ2) is 8.20. The molecule has 1 N–H and O–H groups in total.